The number of rotatable bonds is 1. The summed E-state index contributed by atoms with van der Waals surface area (Å²) in [6.07, 6.45) is 0. The van der Waals surface area contributed by atoms with Crippen LogP contribution in [0.5, 0.6) is 0 Å². The number of aryl methyl sites for hydroxylation is 1. The number of carbonyl (C=O) groups excluding carboxylic acids is 1. The molecule has 4 nitrogen and oxygen atoms in total. The van der Waals surface area contributed by atoms with Crippen molar-refractivity contribution in [2.45, 2.75) is 33.2 Å². The Hall–Kier alpha value is -1.97. The van der Waals surface area contributed by atoms with E-state index in [1.165, 1.54) is 0 Å². The molecular formula is C14H17N3O. The van der Waals surface area contributed by atoms with E-state index >= 15 is 0 Å². The van der Waals surface area contributed by atoms with Gasteiger partial charge in [-0.25, -0.2) is 9.97 Å². The van der Waals surface area contributed by atoms with Crippen LogP contribution in [0.3, 0.4) is 0 Å². The first-order chi connectivity index (χ1) is 8.37. The number of aromatic nitrogens is 2. The Morgan fingerprint density at radius 1 is 1.11 bits per heavy atom. The number of amides is 1. The van der Waals surface area contributed by atoms with E-state index in [1.54, 1.807) is 6.92 Å². The summed E-state index contributed by atoms with van der Waals surface area (Å²) in [5.41, 5.74) is 2.31. The molecule has 94 valence electrons. The van der Waals surface area contributed by atoms with Crippen LogP contribution in [0.1, 0.15) is 37.0 Å². The first-order valence-corrected chi connectivity index (χ1v) is 5.93. The van der Waals surface area contributed by atoms with Crippen LogP contribution in [-0.2, 0) is 0 Å². The van der Waals surface area contributed by atoms with Crippen molar-refractivity contribution in [3.63, 3.8) is 0 Å². The third-order valence-electron chi connectivity index (χ3n) is 2.45. The molecule has 0 saturated heterocycles. The van der Waals surface area contributed by atoms with Crippen LogP contribution in [0.2, 0.25) is 0 Å². The lowest BCUT2D eigenvalue weighted by atomic mass is 10.1. The van der Waals surface area contributed by atoms with Crippen LogP contribution in [0.4, 0.5) is 0 Å². The quantitative estimate of drug-likeness (QED) is 0.837. The van der Waals surface area contributed by atoms with Crippen LogP contribution >= 0.6 is 0 Å². The fourth-order valence-corrected chi connectivity index (χ4v) is 1.70. The molecule has 0 aliphatic rings. The molecule has 4 heteroatoms. The van der Waals surface area contributed by atoms with Crippen LogP contribution in [-0.4, -0.2) is 21.4 Å². The Kier molecular flexibility index (Phi) is 3.03. The SMILES string of the molecule is Cc1nc2ccccc2nc1C(=O)NC(C)(C)C. The van der Waals surface area contributed by atoms with Gasteiger partial charge >= 0.3 is 0 Å². The molecule has 2 rings (SSSR count). The summed E-state index contributed by atoms with van der Waals surface area (Å²) >= 11 is 0. The second-order valence-corrected chi connectivity index (χ2v) is 5.35. The van der Waals surface area contributed by atoms with Gasteiger partial charge in [0.1, 0.15) is 5.69 Å². The number of hydrogen-bond acceptors (Lipinski definition) is 3. The van der Waals surface area contributed by atoms with Gasteiger partial charge in [-0.15, -0.1) is 0 Å². The summed E-state index contributed by atoms with van der Waals surface area (Å²) in [5.74, 6) is -0.182. The van der Waals surface area contributed by atoms with Crippen LogP contribution in [0.25, 0.3) is 11.0 Å². The highest BCUT2D eigenvalue weighted by Crippen LogP contribution is 2.13. The molecule has 1 N–H and O–H groups in total. The van der Waals surface area contributed by atoms with Gasteiger partial charge in [-0.3, -0.25) is 4.79 Å². The van der Waals surface area contributed by atoms with E-state index in [9.17, 15) is 4.79 Å². The van der Waals surface area contributed by atoms with Gasteiger partial charge in [0.05, 0.1) is 16.7 Å². The minimum absolute atomic E-state index is 0.182. The summed E-state index contributed by atoms with van der Waals surface area (Å²) in [7, 11) is 0. The summed E-state index contributed by atoms with van der Waals surface area (Å²) in [6.45, 7) is 7.62. The van der Waals surface area contributed by atoms with Crippen molar-refractivity contribution >= 4 is 16.9 Å². The first-order valence-electron chi connectivity index (χ1n) is 5.93. The average molecular weight is 243 g/mol. The van der Waals surface area contributed by atoms with E-state index < -0.39 is 0 Å². The molecule has 0 saturated carbocycles. The van der Waals surface area contributed by atoms with Gasteiger partial charge < -0.3 is 5.32 Å². The minimum atomic E-state index is -0.281. The molecule has 0 atom stereocenters. The van der Waals surface area contributed by atoms with Gasteiger partial charge in [0, 0.05) is 5.54 Å². The van der Waals surface area contributed by atoms with Gasteiger partial charge in [-0.2, -0.15) is 0 Å². The van der Waals surface area contributed by atoms with Crippen molar-refractivity contribution < 1.29 is 4.79 Å². The van der Waals surface area contributed by atoms with E-state index in [1.807, 2.05) is 45.0 Å². The lowest BCUT2D eigenvalue weighted by Gasteiger charge is -2.20. The number of benzene rings is 1. The molecule has 0 aliphatic carbocycles. The van der Waals surface area contributed by atoms with Crippen molar-refractivity contribution in [1.29, 1.82) is 0 Å². The van der Waals surface area contributed by atoms with Crippen molar-refractivity contribution in [3.05, 3.63) is 35.7 Å². The zero-order valence-corrected chi connectivity index (χ0v) is 11.1. The first kappa shape index (κ1) is 12.5. The number of carbonyl (C=O) groups is 1. The Bertz CT molecular complexity index is 600. The van der Waals surface area contributed by atoms with Crippen molar-refractivity contribution in [3.8, 4) is 0 Å². The fourth-order valence-electron chi connectivity index (χ4n) is 1.70. The van der Waals surface area contributed by atoms with Gasteiger partial charge in [0.25, 0.3) is 5.91 Å². The van der Waals surface area contributed by atoms with Crippen molar-refractivity contribution in [1.82, 2.24) is 15.3 Å². The average Bonchev–Trinajstić information content (AvgIpc) is 2.25. The molecule has 1 aromatic carbocycles. The Labute approximate surface area is 106 Å². The summed E-state index contributed by atoms with van der Waals surface area (Å²) < 4.78 is 0. The molecule has 0 radical (unpaired) electrons. The highest BCUT2D eigenvalue weighted by atomic mass is 16.2. The van der Waals surface area contributed by atoms with E-state index in [0.717, 1.165) is 11.0 Å². The summed E-state index contributed by atoms with van der Waals surface area (Å²) in [5, 5.41) is 2.90. The molecule has 0 bridgehead atoms. The molecule has 18 heavy (non-hydrogen) atoms. The maximum atomic E-state index is 12.1. The molecule has 0 spiro atoms. The molecule has 1 heterocycles. The topological polar surface area (TPSA) is 54.9 Å². The summed E-state index contributed by atoms with van der Waals surface area (Å²) in [6, 6.07) is 7.54. The smallest absolute Gasteiger partial charge is 0.272 e. The maximum Gasteiger partial charge on any atom is 0.272 e. The molecule has 2 aromatic rings. The standard InChI is InChI=1S/C14H17N3O/c1-9-12(13(18)17-14(2,3)4)16-11-8-6-5-7-10(11)15-9/h5-8H,1-4H3,(H,17,18). The van der Waals surface area contributed by atoms with E-state index in [2.05, 4.69) is 15.3 Å². The zero-order valence-electron chi connectivity index (χ0n) is 11.1. The van der Waals surface area contributed by atoms with Crippen LogP contribution in [0, 0.1) is 6.92 Å². The zero-order chi connectivity index (χ0) is 13.3. The van der Waals surface area contributed by atoms with E-state index in [0.29, 0.717) is 11.4 Å². The number of fused-ring (bicyclic) bond motifs is 1. The van der Waals surface area contributed by atoms with E-state index in [-0.39, 0.29) is 11.4 Å². The molecular weight excluding hydrogens is 226 g/mol. The number of nitrogens with one attached hydrogen (secondary N) is 1. The molecule has 0 fully saturated rings. The predicted octanol–water partition coefficient (Wildman–Crippen LogP) is 2.47. The number of hydrogen-bond donors (Lipinski definition) is 1. The normalized spacial score (nSPS) is 11.6. The largest absolute Gasteiger partial charge is 0.346 e. The fraction of sp³-hybridized carbons (Fsp3) is 0.357. The van der Waals surface area contributed by atoms with Crippen molar-refractivity contribution in [2.75, 3.05) is 0 Å². The maximum absolute atomic E-state index is 12.1. The third-order valence-corrected chi connectivity index (χ3v) is 2.45. The lowest BCUT2D eigenvalue weighted by Crippen LogP contribution is -2.41. The summed E-state index contributed by atoms with van der Waals surface area (Å²) in [4.78, 5) is 20.9. The monoisotopic (exact) mass is 243 g/mol. The van der Waals surface area contributed by atoms with Crippen LogP contribution < -0.4 is 5.32 Å². The highest BCUT2D eigenvalue weighted by molar-refractivity contribution is 5.95. The van der Waals surface area contributed by atoms with E-state index in [4.69, 9.17) is 0 Å². The number of para-hydroxylation sites is 2. The van der Waals surface area contributed by atoms with Gasteiger partial charge in [-0.05, 0) is 39.8 Å². The highest BCUT2D eigenvalue weighted by Gasteiger charge is 2.19. The van der Waals surface area contributed by atoms with Gasteiger partial charge in [0.2, 0.25) is 0 Å². The molecule has 1 amide bonds. The Balaban J connectivity index is 2.45. The number of nitrogens with zero attached hydrogens (tertiary/aromatic N) is 2. The minimum Gasteiger partial charge on any atom is -0.346 e. The van der Waals surface area contributed by atoms with Gasteiger partial charge in [-0.1, -0.05) is 12.1 Å². The van der Waals surface area contributed by atoms with Crippen molar-refractivity contribution in [2.24, 2.45) is 0 Å². The Morgan fingerprint density at radius 2 is 1.67 bits per heavy atom. The van der Waals surface area contributed by atoms with Gasteiger partial charge in [0.15, 0.2) is 0 Å². The molecule has 0 aliphatic heterocycles. The van der Waals surface area contributed by atoms with Crippen LogP contribution in [0.15, 0.2) is 24.3 Å². The third kappa shape index (κ3) is 2.64. The molecule has 0 unspecified atom stereocenters. The second-order valence-electron chi connectivity index (χ2n) is 5.35. The predicted molar refractivity (Wildman–Crippen MR) is 71.5 cm³/mol. The lowest BCUT2D eigenvalue weighted by molar-refractivity contribution is 0.0913. The second kappa shape index (κ2) is 4.37. The molecule has 1 aromatic heterocycles. The Morgan fingerprint density at radius 3 is 2.22 bits per heavy atom.